The number of hydrogen-bond acceptors (Lipinski definition) is 3. The van der Waals surface area contributed by atoms with Gasteiger partial charge in [-0.05, 0) is 71.8 Å². The summed E-state index contributed by atoms with van der Waals surface area (Å²) in [4.78, 5) is 14.6. The molecule has 24 heavy (non-hydrogen) atoms. The van der Waals surface area contributed by atoms with E-state index in [-0.39, 0.29) is 18.8 Å². The molecule has 2 rings (SSSR count). The predicted molar refractivity (Wildman–Crippen MR) is 94.9 cm³/mol. The van der Waals surface area contributed by atoms with Crippen molar-refractivity contribution in [1.82, 2.24) is 10.2 Å². The van der Waals surface area contributed by atoms with E-state index in [0.717, 1.165) is 38.8 Å². The van der Waals surface area contributed by atoms with Crippen molar-refractivity contribution in [2.45, 2.75) is 89.8 Å². The van der Waals surface area contributed by atoms with E-state index >= 15 is 0 Å². The Morgan fingerprint density at radius 3 is 2.58 bits per heavy atom. The topological polar surface area (TPSA) is 41.6 Å². The lowest BCUT2D eigenvalue weighted by molar-refractivity contribution is -0.00526. The molecule has 1 aliphatic carbocycles. The van der Waals surface area contributed by atoms with Gasteiger partial charge in [-0.2, -0.15) is 0 Å². The van der Waals surface area contributed by atoms with Crippen LogP contribution >= 0.6 is 0 Å². The van der Waals surface area contributed by atoms with Crippen LogP contribution in [0.4, 0.5) is 9.18 Å². The first-order valence-electron chi connectivity index (χ1n) is 9.71. The van der Waals surface area contributed by atoms with Crippen LogP contribution in [0.25, 0.3) is 0 Å². The van der Waals surface area contributed by atoms with Crippen molar-refractivity contribution in [2.75, 3.05) is 19.8 Å². The van der Waals surface area contributed by atoms with Crippen LogP contribution in [0.5, 0.6) is 0 Å². The third-order valence-corrected chi connectivity index (χ3v) is 5.21. The molecular weight excluding hydrogens is 307 g/mol. The quantitative estimate of drug-likeness (QED) is 0.758. The second-order valence-corrected chi connectivity index (χ2v) is 8.29. The zero-order valence-electron chi connectivity index (χ0n) is 15.7. The van der Waals surface area contributed by atoms with E-state index in [1.54, 1.807) is 0 Å². The number of alkyl halides is 1. The summed E-state index contributed by atoms with van der Waals surface area (Å²) in [5.74, 6) is 0.464. The number of amides is 1. The fourth-order valence-electron chi connectivity index (χ4n) is 4.18. The van der Waals surface area contributed by atoms with E-state index in [0.29, 0.717) is 18.4 Å². The van der Waals surface area contributed by atoms with Gasteiger partial charge < -0.3 is 15.0 Å². The number of carbonyl (C=O) groups excluding carboxylic acids is 1. The van der Waals surface area contributed by atoms with Crippen molar-refractivity contribution in [2.24, 2.45) is 5.92 Å². The van der Waals surface area contributed by atoms with E-state index in [4.69, 9.17) is 4.74 Å². The molecule has 0 aromatic carbocycles. The Labute approximate surface area is 146 Å². The van der Waals surface area contributed by atoms with Crippen LogP contribution in [0.3, 0.4) is 0 Å². The second kappa shape index (κ2) is 9.02. The summed E-state index contributed by atoms with van der Waals surface area (Å²) in [7, 11) is 0. The van der Waals surface area contributed by atoms with E-state index in [1.807, 2.05) is 25.7 Å². The van der Waals surface area contributed by atoms with Crippen molar-refractivity contribution in [3.63, 3.8) is 0 Å². The molecule has 4 nitrogen and oxygen atoms in total. The van der Waals surface area contributed by atoms with E-state index in [2.05, 4.69) is 5.32 Å². The Hall–Kier alpha value is -0.840. The zero-order chi connectivity index (χ0) is 17.6. The molecule has 2 aliphatic rings. The minimum Gasteiger partial charge on any atom is -0.444 e. The highest BCUT2D eigenvalue weighted by molar-refractivity contribution is 5.68. The Morgan fingerprint density at radius 2 is 1.88 bits per heavy atom. The molecule has 2 fully saturated rings. The number of nitrogens with one attached hydrogen (secondary N) is 1. The lowest BCUT2D eigenvalue weighted by atomic mass is 9.76. The molecule has 140 valence electrons. The van der Waals surface area contributed by atoms with Crippen molar-refractivity contribution in [3.05, 3.63) is 0 Å². The van der Waals surface area contributed by atoms with Crippen LogP contribution in [0.2, 0.25) is 0 Å². The molecule has 0 aromatic heterocycles. The van der Waals surface area contributed by atoms with E-state index in [1.165, 1.54) is 19.3 Å². The smallest absolute Gasteiger partial charge is 0.410 e. The molecule has 1 saturated heterocycles. The maximum atomic E-state index is 12.7. The van der Waals surface area contributed by atoms with Crippen LogP contribution in [-0.4, -0.2) is 48.4 Å². The van der Waals surface area contributed by atoms with Gasteiger partial charge in [0.1, 0.15) is 5.60 Å². The average molecular weight is 342 g/mol. The van der Waals surface area contributed by atoms with Gasteiger partial charge >= 0.3 is 6.09 Å². The van der Waals surface area contributed by atoms with Crippen LogP contribution in [-0.2, 0) is 4.74 Å². The summed E-state index contributed by atoms with van der Waals surface area (Å²) < 4.78 is 18.1. The summed E-state index contributed by atoms with van der Waals surface area (Å²) in [6.07, 6.45) is 8.44. The van der Waals surface area contributed by atoms with Gasteiger partial charge in [0.2, 0.25) is 0 Å². The van der Waals surface area contributed by atoms with Crippen LogP contribution < -0.4 is 5.32 Å². The molecular formula is C19H35FN2O2. The molecule has 3 atom stereocenters. The minimum atomic E-state index is -0.454. The summed E-state index contributed by atoms with van der Waals surface area (Å²) in [5, 5.41) is 3.56. The fraction of sp³-hybridized carbons (Fsp3) is 0.947. The van der Waals surface area contributed by atoms with Gasteiger partial charge in [0, 0.05) is 18.6 Å². The molecule has 0 radical (unpaired) electrons. The van der Waals surface area contributed by atoms with E-state index in [9.17, 15) is 9.18 Å². The lowest BCUT2D eigenvalue weighted by Gasteiger charge is -2.45. The third-order valence-electron chi connectivity index (χ3n) is 5.21. The second-order valence-electron chi connectivity index (χ2n) is 8.29. The number of nitrogens with zero attached hydrogens (tertiary/aromatic N) is 1. The van der Waals surface area contributed by atoms with Gasteiger partial charge in [-0.1, -0.05) is 12.8 Å². The fourth-order valence-corrected chi connectivity index (χ4v) is 4.18. The monoisotopic (exact) mass is 342 g/mol. The molecule has 1 heterocycles. The normalized spacial score (nSPS) is 28.7. The van der Waals surface area contributed by atoms with E-state index < -0.39 is 5.60 Å². The molecule has 1 N–H and O–H groups in total. The largest absolute Gasteiger partial charge is 0.444 e. The number of rotatable bonds is 5. The Morgan fingerprint density at radius 1 is 1.17 bits per heavy atom. The average Bonchev–Trinajstić information content (AvgIpc) is 2.54. The van der Waals surface area contributed by atoms with Gasteiger partial charge in [-0.25, -0.2) is 4.79 Å². The molecule has 0 spiro atoms. The molecule has 1 aliphatic heterocycles. The van der Waals surface area contributed by atoms with Gasteiger partial charge in [-0.15, -0.1) is 0 Å². The highest BCUT2D eigenvalue weighted by Gasteiger charge is 2.39. The Kier molecular flexibility index (Phi) is 7.33. The number of ether oxygens (including phenoxy) is 1. The summed E-state index contributed by atoms with van der Waals surface area (Å²) >= 11 is 0. The standard InChI is InChI=1S/C19H35FN2O2/c1-19(2,3)24-18(23)22-14-7-6-11-17(22)15-9-4-5-10-16(15)21-13-8-12-20/h15-17,21H,4-14H2,1-3H3. The third kappa shape index (κ3) is 5.61. The van der Waals surface area contributed by atoms with Gasteiger partial charge in [-0.3, -0.25) is 4.39 Å². The van der Waals surface area contributed by atoms with Crippen LogP contribution in [0.15, 0.2) is 0 Å². The van der Waals surface area contributed by atoms with Crippen LogP contribution in [0.1, 0.15) is 72.1 Å². The highest BCUT2D eigenvalue weighted by atomic mass is 19.1. The first-order valence-corrected chi connectivity index (χ1v) is 9.71. The number of hydrogen-bond donors (Lipinski definition) is 1. The molecule has 3 unspecified atom stereocenters. The first kappa shape index (κ1) is 19.5. The van der Waals surface area contributed by atoms with Gasteiger partial charge in [0.05, 0.1) is 6.67 Å². The molecule has 0 bridgehead atoms. The van der Waals surface area contributed by atoms with Crippen LogP contribution in [0, 0.1) is 5.92 Å². The van der Waals surface area contributed by atoms with Crippen molar-refractivity contribution in [3.8, 4) is 0 Å². The summed E-state index contributed by atoms with van der Waals surface area (Å²) in [6.45, 7) is 7.03. The maximum Gasteiger partial charge on any atom is 0.410 e. The zero-order valence-corrected chi connectivity index (χ0v) is 15.7. The maximum absolute atomic E-state index is 12.7. The SMILES string of the molecule is CC(C)(C)OC(=O)N1CCCCC1C1CCCCC1NCCCF. The number of likely N-dealkylation sites (tertiary alicyclic amines) is 1. The predicted octanol–water partition coefficient (Wildman–Crippen LogP) is 4.28. The molecule has 1 amide bonds. The number of halogens is 1. The number of piperidine rings is 1. The Bertz CT molecular complexity index is 397. The molecule has 1 saturated carbocycles. The summed E-state index contributed by atoms with van der Waals surface area (Å²) in [6, 6.07) is 0.662. The molecule has 0 aromatic rings. The van der Waals surface area contributed by atoms with Crippen molar-refractivity contribution < 1.29 is 13.9 Å². The Balaban J connectivity index is 2.04. The minimum absolute atomic E-state index is 0.166. The van der Waals surface area contributed by atoms with Gasteiger partial charge in [0.25, 0.3) is 0 Å². The van der Waals surface area contributed by atoms with Gasteiger partial charge in [0.15, 0.2) is 0 Å². The summed E-state index contributed by atoms with van der Waals surface area (Å²) in [5.41, 5.74) is -0.454. The lowest BCUT2D eigenvalue weighted by Crippen LogP contribution is -2.55. The van der Waals surface area contributed by atoms with Crippen molar-refractivity contribution >= 4 is 6.09 Å². The highest BCUT2D eigenvalue weighted by Crippen LogP contribution is 2.34. The molecule has 5 heteroatoms. The van der Waals surface area contributed by atoms with Crippen molar-refractivity contribution in [1.29, 1.82) is 0 Å². The first-order chi connectivity index (χ1) is 11.4. The number of carbonyl (C=O) groups is 1.